The third kappa shape index (κ3) is 4.22. The summed E-state index contributed by atoms with van der Waals surface area (Å²) in [5.74, 6) is 4.68. The monoisotopic (exact) mass is 415 g/mol. The van der Waals surface area contributed by atoms with Crippen LogP contribution < -0.4 is 4.90 Å². The lowest BCUT2D eigenvalue weighted by molar-refractivity contribution is -0.132. The molecule has 1 amide bonds. The van der Waals surface area contributed by atoms with E-state index < -0.39 is 0 Å². The first-order valence-electron chi connectivity index (χ1n) is 7.98. The van der Waals surface area contributed by atoms with Crippen LogP contribution in [0.5, 0.6) is 0 Å². The van der Waals surface area contributed by atoms with Gasteiger partial charge in [0.15, 0.2) is 6.07 Å². The highest BCUT2D eigenvalue weighted by Gasteiger charge is 2.22. The number of amides is 1. The Morgan fingerprint density at radius 3 is 2.58 bits per heavy atom. The average molecular weight is 416 g/mol. The van der Waals surface area contributed by atoms with Crippen molar-refractivity contribution in [1.82, 2.24) is 14.7 Å². The first kappa shape index (κ1) is 18.0. The molecule has 0 unspecified atom stereocenters. The number of piperazine rings is 1. The summed E-state index contributed by atoms with van der Waals surface area (Å²) in [4.78, 5) is 16.4. The van der Waals surface area contributed by atoms with Crippen molar-refractivity contribution in [2.24, 2.45) is 0 Å². The molecule has 0 atom stereocenters. The Morgan fingerprint density at radius 1 is 1.23 bits per heavy atom. The maximum Gasteiger partial charge on any atom is 0.244 e. The van der Waals surface area contributed by atoms with E-state index in [9.17, 15) is 9.18 Å². The van der Waals surface area contributed by atoms with Gasteiger partial charge in [0.2, 0.25) is 5.91 Å². The zero-order valence-corrected chi connectivity index (χ0v) is 15.4. The fourth-order valence-electron chi connectivity index (χ4n) is 2.76. The van der Waals surface area contributed by atoms with Crippen LogP contribution in [0.25, 0.3) is 0 Å². The van der Waals surface area contributed by atoms with E-state index in [-0.39, 0.29) is 18.3 Å². The van der Waals surface area contributed by atoms with Gasteiger partial charge in [0, 0.05) is 44.0 Å². The number of benzene rings is 1. The van der Waals surface area contributed by atoms with Crippen LogP contribution in [-0.2, 0) is 11.3 Å². The Hall–Kier alpha value is -2.84. The van der Waals surface area contributed by atoms with Crippen LogP contribution in [0.4, 0.5) is 10.1 Å². The molecule has 26 heavy (non-hydrogen) atoms. The topological polar surface area (TPSA) is 65.2 Å². The van der Waals surface area contributed by atoms with E-state index in [0.29, 0.717) is 36.3 Å². The highest BCUT2D eigenvalue weighted by atomic mass is 79.9. The van der Waals surface area contributed by atoms with Crippen molar-refractivity contribution >= 4 is 27.5 Å². The Kier molecular flexibility index (Phi) is 5.55. The first-order valence-corrected chi connectivity index (χ1v) is 8.77. The molecular formula is C18H15BrFN5O. The van der Waals surface area contributed by atoms with Gasteiger partial charge in [0.05, 0.1) is 5.56 Å². The molecule has 0 saturated carbocycles. The molecule has 1 fully saturated rings. The number of aromatic nitrogens is 2. The summed E-state index contributed by atoms with van der Waals surface area (Å²) in [6.45, 7) is 2.70. The van der Waals surface area contributed by atoms with Gasteiger partial charge in [-0.05, 0) is 46.1 Å². The Bertz CT molecular complexity index is 898. The number of rotatable bonds is 3. The lowest BCUT2D eigenvalue weighted by Gasteiger charge is -2.36. The highest BCUT2D eigenvalue weighted by molar-refractivity contribution is 9.10. The molecule has 8 heteroatoms. The van der Waals surface area contributed by atoms with E-state index in [0.717, 1.165) is 5.69 Å². The molecule has 0 radical (unpaired) electrons. The summed E-state index contributed by atoms with van der Waals surface area (Å²) in [7, 11) is 0. The Labute approximate surface area is 158 Å². The third-order valence-corrected chi connectivity index (χ3v) is 4.68. The third-order valence-electron chi connectivity index (χ3n) is 4.09. The summed E-state index contributed by atoms with van der Waals surface area (Å²) in [5.41, 5.74) is 1.52. The van der Waals surface area contributed by atoms with Crippen LogP contribution in [0.2, 0.25) is 0 Å². The largest absolute Gasteiger partial charge is 0.368 e. The van der Waals surface area contributed by atoms with Crippen molar-refractivity contribution in [2.45, 2.75) is 6.54 Å². The molecule has 1 aliphatic heterocycles. The second-order valence-electron chi connectivity index (χ2n) is 5.74. The molecule has 1 aromatic heterocycles. The van der Waals surface area contributed by atoms with Crippen LogP contribution in [0.3, 0.4) is 0 Å². The predicted octanol–water partition coefficient (Wildman–Crippen LogP) is 2.01. The SMILES string of the molecule is N#CC#Cc1cn(CC(=O)N2CCN(c3ccc(F)cc3)CC2)nc1Br. The van der Waals surface area contributed by atoms with E-state index in [1.54, 1.807) is 29.3 Å². The Balaban J connectivity index is 1.57. The summed E-state index contributed by atoms with van der Waals surface area (Å²) in [6, 6.07) is 8.12. The molecule has 0 spiro atoms. The fraction of sp³-hybridized carbons (Fsp3) is 0.278. The van der Waals surface area contributed by atoms with Gasteiger partial charge >= 0.3 is 0 Å². The summed E-state index contributed by atoms with van der Waals surface area (Å²) in [6.07, 6.45) is 1.64. The summed E-state index contributed by atoms with van der Waals surface area (Å²) in [5, 5.41) is 12.7. The van der Waals surface area contributed by atoms with Crippen molar-refractivity contribution < 1.29 is 9.18 Å². The van der Waals surface area contributed by atoms with Gasteiger partial charge in [0.1, 0.15) is 17.0 Å². The van der Waals surface area contributed by atoms with Crippen LogP contribution in [0.15, 0.2) is 35.1 Å². The van der Waals surface area contributed by atoms with E-state index in [4.69, 9.17) is 5.26 Å². The van der Waals surface area contributed by atoms with Gasteiger partial charge < -0.3 is 9.80 Å². The summed E-state index contributed by atoms with van der Waals surface area (Å²) < 4.78 is 15.0. The molecule has 2 heterocycles. The van der Waals surface area contributed by atoms with Crippen molar-refractivity contribution in [1.29, 1.82) is 5.26 Å². The zero-order chi connectivity index (χ0) is 18.5. The van der Waals surface area contributed by atoms with E-state index >= 15 is 0 Å². The fourth-order valence-corrected chi connectivity index (χ4v) is 3.17. The molecule has 0 bridgehead atoms. The van der Waals surface area contributed by atoms with Crippen LogP contribution in [-0.4, -0.2) is 46.8 Å². The van der Waals surface area contributed by atoms with Crippen LogP contribution in [0, 0.1) is 29.0 Å². The minimum absolute atomic E-state index is 0.0291. The van der Waals surface area contributed by atoms with Crippen molar-refractivity contribution in [3.8, 4) is 17.9 Å². The average Bonchev–Trinajstić information content (AvgIpc) is 3.00. The Morgan fingerprint density at radius 2 is 1.92 bits per heavy atom. The number of carbonyl (C=O) groups is 1. The number of nitrogens with zero attached hydrogens (tertiary/aromatic N) is 5. The molecule has 2 aromatic rings. The van der Waals surface area contributed by atoms with Crippen LogP contribution in [0.1, 0.15) is 5.56 Å². The first-order chi connectivity index (χ1) is 12.6. The molecule has 132 valence electrons. The lowest BCUT2D eigenvalue weighted by atomic mass is 10.2. The summed E-state index contributed by atoms with van der Waals surface area (Å²) >= 11 is 3.27. The van der Waals surface area contributed by atoms with E-state index in [2.05, 4.69) is 37.8 Å². The van der Waals surface area contributed by atoms with Gasteiger partial charge in [-0.3, -0.25) is 9.48 Å². The van der Waals surface area contributed by atoms with Gasteiger partial charge in [0.25, 0.3) is 0 Å². The van der Waals surface area contributed by atoms with Crippen LogP contribution >= 0.6 is 15.9 Å². The second-order valence-corrected chi connectivity index (χ2v) is 6.49. The minimum Gasteiger partial charge on any atom is -0.368 e. The van der Waals surface area contributed by atoms with Gasteiger partial charge in [-0.2, -0.15) is 10.4 Å². The normalized spacial score (nSPS) is 13.7. The number of halogens is 2. The van der Waals surface area contributed by atoms with Crippen molar-refractivity contribution in [3.63, 3.8) is 0 Å². The quantitative estimate of drug-likeness (QED) is 0.719. The number of hydrogen-bond acceptors (Lipinski definition) is 4. The maximum absolute atomic E-state index is 13.0. The number of carbonyl (C=O) groups excluding carboxylic acids is 1. The highest BCUT2D eigenvalue weighted by Crippen LogP contribution is 2.17. The number of hydrogen-bond donors (Lipinski definition) is 0. The van der Waals surface area contributed by atoms with Gasteiger partial charge in [-0.25, -0.2) is 4.39 Å². The minimum atomic E-state index is -0.258. The number of anilines is 1. The standard InChI is InChI=1S/C18H15BrFN5O/c19-18-14(2-1-7-21)12-25(22-18)13-17(26)24-10-8-23(9-11-24)16-5-3-15(20)4-6-16/h3-6,12H,8-11,13H2. The molecular weight excluding hydrogens is 401 g/mol. The molecule has 1 saturated heterocycles. The van der Waals surface area contributed by atoms with Gasteiger partial charge in [-0.1, -0.05) is 0 Å². The predicted molar refractivity (Wildman–Crippen MR) is 97.6 cm³/mol. The molecule has 1 aliphatic rings. The zero-order valence-electron chi connectivity index (χ0n) is 13.8. The van der Waals surface area contributed by atoms with E-state index in [1.165, 1.54) is 16.8 Å². The molecule has 6 nitrogen and oxygen atoms in total. The molecule has 1 aromatic carbocycles. The molecule has 0 aliphatic carbocycles. The lowest BCUT2D eigenvalue weighted by Crippen LogP contribution is -2.49. The van der Waals surface area contributed by atoms with Crippen molar-refractivity contribution in [2.75, 3.05) is 31.1 Å². The van der Waals surface area contributed by atoms with Crippen molar-refractivity contribution in [3.05, 3.63) is 46.4 Å². The molecule has 0 N–H and O–H groups in total. The second kappa shape index (κ2) is 8.03. The smallest absolute Gasteiger partial charge is 0.244 e. The maximum atomic E-state index is 13.0. The van der Waals surface area contributed by atoms with Gasteiger partial charge in [-0.15, -0.1) is 0 Å². The number of nitriles is 1. The molecule has 3 rings (SSSR count). The van der Waals surface area contributed by atoms with E-state index in [1.807, 2.05) is 0 Å².